The molecule has 1 N–H and O–H groups in total. The Bertz CT molecular complexity index is 642. The first-order valence-electron chi connectivity index (χ1n) is 6.62. The van der Waals surface area contributed by atoms with E-state index in [0.29, 0.717) is 17.7 Å². The molecule has 1 saturated heterocycles. The highest BCUT2D eigenvalue weighted by atomic mass is 79.9. The predicted octanol–water partition coefficient (Wildman–Crippen LogP) is 0.619. The molecule has 1 aromatic rings. The van der Waals surface area contributed by atoms with Crippen molar-refractivity contribution in [2.24, 2.45) is 0 Å². The summed E-state index contributed by atoms with van der Waals surface area (Å²) < 4.78 is 36.9. The van der Waals surface area contributed by atoms with Gasteiger partial charge in [0.2, 0.25) is 10.0 Å². The number of sulfonamides is 1. The second kappa shape index (κ2) is 7.51. The van der Waals surface area contributed by atoms with Crippen LogP contribution in [0.5, 0.6) is 0 Å². The highest BCUT2D eigenvalue weighted by molar-refractivity contribution is 9.10. The fourth-order valence-corrected chi connectivity index (χ4v) is 4.33. The van der Waals surface area contributed by atoms with E-state index in [9.17, 15) is 13.2 Å². The van der Waals surface area contributed by atoms with Crippen LogP contribution in [0.1, 0.15) is 10.4 Å². The summed E-state index contributed by atoms with van der Waals surface area (Å²) in [5.74, 6) is -0.681. The van der Waals surface area contributed by atoms with Crippen LogP contribution in [0.15, 0.2) is 27.6 Å². The molecule has 9 heteroatoms. The lowest BCUT2D eigenvalue weighted by Gasteiger charge is -2.26. The number of hydrogen-bond acceptors (Lipinski definition) is 6. The maximum Gasteiger partial charge on any atom is 0.338 e. The zero-order valence-electron chi connectivity index (χ0n) is 11.7. The Kier molecular flexibility index (Phi) is 5.93. The van der Waals surface area contributed by atoms with E-state index in [4.69, 9.17) is 14.6 Å². The van der Waals surface area contributed by atoms with Gasteiger partial charge < -0.3 is 14.6 Å². The Balaban J connectivity index is 2.31. The number of aliphatic hydroxyl groups is 1. The number of aliphatic hydroxyl groups excluding tert-OH is 1. The number of carbonyl (C=O) groups excluding carboxylic acids is 1. The van der Waals surface area contributed by atoms with Crippen LogP contribution in [0.2, 0.25) is 0 Å². The lowest BCUT2D eigenvalue weighted by Crippen LogP contribution is -2.40. The van der Waals surface area contributed by atoms with Crippen LogP contribution in [-0.4, -0.2) is 63.3 Å². The zero-order chi connectivity index (χ0) is 16.2. The molecule has 0 bridgehead atoms. The van der Waals surface area contributed by atoms with Gasteiger partial charge in [0, 0.05) is 17.6 Å². The van der Waals surface area contributed by atoms with Gasteiger partial charge in [0.1, 0.15) is 6.61 Å². The van der Waals surface area contributed by atoms with Crippen molar-refractivity contribution in [3.05, 3.63) is 28.2 Å². The topological polar surface area (TPSA) is 93.1 Å². The molecular weight excluding hydrogens is 378 g/mol. The third-order valence-corrected chi connectivity index (χ3v) is 5.97. The van der Waals surface area contributed by atoms with Crippen molar-refractivity contribution in [1.82, 2.24) is 4.31 Å². The number of morpholine rings is 1. The number of rotatable bonds is 5. The Morgan fingerprint density at radius 3 is 2.68 bits per heavy atom. The van der Waals surface area contributed by atoms with Crippen molar-refractivity contribution >= 4 is 31.9 Å². The summed E-state index contributed by atoms with van der Waals surface area (Å²) in [5, 5.41) is 8.66. The molecule has 22 heavy (non-hydrogen) atoms. The summed E-state index contributed by atoms with van der Waals surface area (Å²) in [7, 11) is -3.72. The molecule has 0 atom stereocenters. The second-order valence-corrected chi connectivity index (χ2v) is 7.28. The minimum atomic E-state index is -3.72. The summed E-state index contributed by atoms with van der Waals surface area (Å²) in [4.78, 5) is 11.8. The second-order valence-electron chi connectivity index (χ2n) is 4.52. The number of ether oxygens (including phenoxy) is 2. The highest BCUT2D eigenvalue weighted by Gasteiger charge is 2.29. The average Bonchev–Trinajstić information content (AvgIpc) is 2.53. The Morgan fingerprint density at radius 2 is 2.05 bits per heavy atom. The zero-order valence-corrected chi connectivity index (χ0v) is 14.1. The molecule has 0 amide bonds. The number of nitrogens with zero attached hydrogens (tertiary/aromatic N) is 1. The fourth-order valence-electron chi connectivity index (χ4n) is 1.98. The van der Waals surface area contributed by atoms with Gasteiger partial charge in [-0.2, -0.15) is 4.31 Å². The minimum Gasteiger partial charge on any atom is -0.460 e. The number of benzene rings is 1. The molecule has 1 aliphatic rings. The molecule has 7 nitrogen and oxygen atoms in total. The van der Waals surface area contributed by atoms with Crippen molar-refractivity contribution < 1.29 is 27.8 Å². The van der Waals surface area contributed by atoms with Gasteiger partial charge in [0.05, 0.1) is 30.3 Å². The number of halogens is 1. The molecule has 1 aromatic carbocycles. The first kappa shape index (κ1) is 17.4. The third-order valence-electron chi connectivity index (χ3n) is 3.08. The molecule has 0 unspecified atom stereocenters. The standard InChI is InChI=1S/C13H16BrNO6S/c14-11-2-1-10(13(17)21-8-5-16)9-12(11)22(18,19)15-3-6-20-7-4-15/h1-2,9,16H,3-8H2. The average molecular weight is 394 g/mol. The molecule has 0 saturated carbocycles. The summed E-state index contributed by atoms with van der Waals surface area (Å²) in [6.45, 7) is 0.799. The third kappa shape index (κ3) is 3.85. The van der Waals surface area contributed by atoms with E-state index in [2.05, 4.69) is 15.9 Å². The molecule has 0 radical (unpaired) electrons. The van der Waals surface area contributed by atoms with E-state index in [0.717, 1.165) is 0 Å². The van der Waals surface area contributed by atoms with Gasteiger partial charge in [0.15, 0.2) is 0 Å². The predicted molar refractivity (Wildman–Crippen MR) is 81.1 cm³/mol. The number of carbonyl (C=O) groups is 1. The quantitative estimate of drug-likeness (QED) is 0.737. The van der Waals surface area contributed by atoms with Crippen molar-refractivity contribution in [3.8, 4) is 0 Å². The molecule has 0 aromatic heterocycles. The molecule has 1 fully saturated rings. The largest absolute Gasteiger partial charge is 0.460 e. The van der Waals surface area contributed by atoms with Gasteiger partial charge in [-0.3, -0.25) is 0 Å². The first-order chi connectivity index (χ1) is 10.5. The lowest BCUT2D eigenvalue weighted by molar-refractivity contribution is 0.0433. The van der Waals surface area contributed by atoms with E-state index in [1.54, 1.807) is 0 Å². The molecule has 1 aliphatic heterocycles. The van der Waals surface area contributed by atoms with Crippen LogP contribution in [-0.2, 0) is 19.5 Å². The normalized spacial score (nSPS) is 16.5. The van der Waals surface area contributed by atoms with Crippen molar-refractivity contribution in [2.45, 2.75) is 4.90 Å². The van der Waals surface area contributed by atoms with Crippen LogP contribution < -0.4 is 0 Å². The summed E-state index contributed by atoms with van der Waals surface area (Å²) in [6, 6.07) is 4.22. The summed E-state index contributed by atoms with van der Waals surface area (Å²) in [6.07, 6.45) is 0. The van der Waals surface area contributed by atoms with E-state index < -0.39 is 16.0 Å². The molecular formula is C13H16BrNO6S. The maximum absolute atomic E-state index is 12.6. The lowest BCUT2D eigenvalue weighted by atomic mass is 10.2. The van der Waals surface area contributed by atoms with Gasteiger partial charge >= 0.3 is 5.97 Å². The Hall–Kier alpha value is -1.00. The van der Waals surface area contributed by atoms with E-state index >= 15 is 0 Å². The SMILES string of the molecule is O=C(OCCO)c1ccc(Br)c(S(=O)(=O)N2CCOCC2)c1. The fraction of sp³-hybridized carbons (Fsp3) is 0.462. The van der Waals surface area contributed by atoms with Crippen LogP contribution in [0.3, 0.4) is 0 Å². The van der Waals surface area contributed by atoms with Crippen LogP contribution in [0, 0.1) is 0 Å². The Labute approximate surface area is 137 Å². The molecule has 0 aliphatic carbocycles. The van der Waals surface area contributed by atoms with Crippen molar-refractivity contribution in [3.63, 3.8) is 0 Å². The van der Waals surface area contributed by atoms with Crippen molar-refractivity contribution in [1.29, 1.82) is 0 Å². The summed E-state index contributed by atoms with van der Waals surface area (Å²) >= 11 is 3.21. The molecule has 1 heterocycles. The molecule has 0 spiro atoms. The van der Waals surface area contributed by atoms with Gasteiger partial charge in [-0.15, -0.1) is 0 Å². The van der Waals surface area contributed by atoms with E-state index in [-0.39, 0.29) is 36.8 Å². The van der Waals surface area contributed by atoms with Gasteiger partial charge in [-0.1, -0.05) is 0 Å². The number of hydrogen-bond donors (Lipinski definition) is 1. The van der Waals surface area contributed by atoms with E-state index in [1.807, 2.05) is 0 Å². The minimum absolute atomic E-state index is 0.00727. The van der Waals surface area contributed by atoms with Crippen LogP contribution in [0.4, 0.5) is 0 Å². The Morgan fingerprint density at radius 1 is 1.36 bits per heavy atom. The maximum atomic E-state index is 12.6. The monoisotopic (exact) mass is 393 g/mol. The van der Waals surface area contributed by atoms with Crippen LogP contribution >= 0.6 is 15.9 Å². The smallest absolute Gasteiger partial charge is 0.338 e. The van der Waals surface area contributed by atoms with E-state index in [1.165, 1.54) is 22.5 Å². The first-order valence-corrected chi connectivity index (χ1v) is 8.85. The highest BCUT2D eigenvalue weighted by Crippen LogP contribution is 2.27. The number of esters is 1. The van der Waals surface area contributed by atoms with Gasteiger partial charge in [-0.25, -0.2) is 13.2 Å². The van der Waals surface area contributed by atoms with Crippen molar-refractivity contribution in [2.75, 3.05) is 39.5 Å². The molecule has 2 rings (SSSR count). The van der Waals surface area contributed by atoms with Gasteiger partial charge in [0.25, 0.3) is 0 Å². The van der Waals surface area contributed by atoms with Crippen LogP contribution in [0.25, 0.3) is 0 Å². The molecule has 122 valence electrons. The van der Waals surface area contributed by atoms with Gasteiger partial charge in [-0.05, 0) is 34.1 Å². The summed E-state index contributed by atoms with van der Waals surface area (Å²) in [5.41, 5.74) is 0.114.